The Hall–Kier alpha value is -1.01. The molecule has 0 atom stereocenters. The van der Waals surface area contributed by atoms with Gasteiger partial charge in [0.2, 0.25) is 0 Å². The lowest BCUT2D eigenvalue weighted by Gasteiger charge is -1.96. The molecule has 2 aromatic carbocycles. The van der Waals surface area contributed by atoms with Gasteiger partial charge in [-0.15, -0.1) is 0 Å². The highest BCUT2D eigenvalue weighted by molar-refractivity contribution is 14.1. The number of nitrogens with zero attached hydrogens (tertiary/aromatic N) is 1. The SMILES string of the molecule is Ic1ccc(Sc2nc3ccccc3o2)cc1. The third-order valence-corrected chi connectivity index (χ3v) is 3.87. The quantitative estimate of drug-likeness (QED) is 0.631. The van der Waals surface area contributed by atoms with Crippen LogP contribution in [-0.4, -0.2) is 4.98 Å². The van der Waals surface area contributed by atoms with Crippen molar-refractivity contribution in [3.63, 3.8) is 0 Å². The number of rotatable bonds is 2. The van der Waals surface area contributed by atoms with Crippen molar-refractivity contribution in [3.8, 4) is 0 Å². The molecule has 0 radical (unpaired) electrons. The average molecular weight is 353 g/mol. The smallest absolute Gasteiger partial charge is 0.261 e. The monoisotopic (exact) mass is 353 g/mol. The van der Waals surface area contributed by atoms with E-state index in [2.05, 4.69) is 51.8 Å². The van der Waals surface area contributed by atoms with Crippen LogP contribution in [0.25, 0.3) is 11.1 Å². The lowest BCUT2D eigenvalue weighted by Crippen LogP contribution is -1.74. The van der Waals surface area contributed by atoms with Crippen LogP contribution in [0.3, 0.4) is 0 Å². The highest BCUT2D eigenvalue weighted by Gasteiger charge is 2.06. The van der Waals surface area contributed by atoms with Crippen LogP contribution in [0.1, 0.15) is 0 Å². The molecule has 3 rings (SSSR count). The molecule has 1 heterocycles. The third kappa shape index (κ3) is 2.47. The first kappa shape index (κ1) is 11.1. The van der Waals surface area contributed by atoms with E-state index < -0.39 is 0 Å². The second-order valence-corrected chi connectivity index (χ2v) is 5.77. The lowest BCUT2D eigenvalue weighted by molar-refractivity contribution is 0.489. The van der Waals surface area contributed by atoms with Gasteiger partial charge in [0.25, 0.3) is 5.22 Å². The van der Waals surface area contributed by atoms with E-state index in [4.69, 9.17) is 4.42 Å². The van der Waals surface area contributed by atoms with Gasteiger partial charge < -0.3 is 4.42 Å². The third-order valence-electron chi connectivity index (χ3n) is 2.29. The maximum absolute atomic E-state index is 5.65. The number of halogens is 1. The Morgan fingerprint density at radius 3 is 2.53 bits per heavy atom. The minimum atomic E-state index is 0.687. The maximum atomic E-state index is 5.65. The van der Waals surface area contributed by atoms with Crippen LogP contribution in [0.15, 0.2) is 63.1 Å². The normalized spacial score (nSPS) is 10.9. The predicted octanol–water partition coefficient (Wildman–Crippen LogP) is 4.58. The molecule has 0 amide bonds. The molecule has 0 aliphatic rings. The van der Waals surface area contributed by atoms with E-state index >= 15 is 0 Å². The highest BCUT2D eigenvalue weighted by atomic mass is 127. The fourth-order valence-electron chi connectivity index (χ4n) is 1.50. The van der Waals surface area contributed by atoms with Crippen LogP contribution >= 0.6 is 34.4 Å². The van der Waals surface area contributed by atoms with Crippen molar-refractivity contribution in [3.05, 3.63) is 52.1 Å². The molecule has 0 aliphatic carbocycles. The fraction of sp³-hybridized carbons (Fsp3) is 0. The van der Waals surface area contributed by atoms with Gasteiger partial charge in [0.05, 0.1) is 0 Å². The summed E-state index contributed by atoms with van der Waals surface area (Å²) in [6.45, 7) is 0. The molecular weight excluding hydrogens is 345 g/mol. The summed E-state index contributed by atoms with van der Waals surface area (Å²) in [4.78, 5) is 5.56. The molecule has 0 saturated heterocycles. The summed E-state index contributed by atoms with van der Waals surface area (Å²) in [5.74, 6) is 0. The van der Waals surface area contributed by atoms with Crippen LogP contribution in [0.2, 0.25) is 0 Å². The van der Waals surface area contributed by atoms with Crippen molar-refractivity contribution >= 4 is 45.5 Å². The molecule has 0 unspecified atom stereocenters. The minimum Gasteiger partial charge on any atom is -0.431 e. The van der Waals surface area contributed by atoms with E-state index in [1.165, 1.54) is 3.57 Å². The van der Waals surface area contributed by atoms with Gasteiger partial charge in [-0.05, 0) is 70.8 Å². The Balaban J connectivity index is 1.92. The summed E-state index contributed by atoms with van der Waals surface area (Å²) in [5, 5.41) is 0.687. The molecule has 0 fully saturated rings. The van der Waals surface area contributed by atoms with Gasteiger partial charge in [0, 0.05) is 8.47 Å². The largest absolute Gasteiger partial charge is 0.431 e. The van der Waals surface area contributed by atoms with Gasteiger partial charge in [0.15, 0.2) is 5.58 Å². The second-order valence-electron chi connectivity index (χ2n) is 3.50. The van der Waals surface area contributed by atoms with E-state index in [0.29, 0.717) is 5.22 Å². The van der Waals surface area contributed by atoms with E-state index in [0.717, 1.165) is 16.0 Å². The zero-order valence-electron chi connectivity index (χ0n) is 8.76. The Kier molecular flexibility index (Phi) is 3.07. The Labute approximate surface area is 117 Å². The van der Waals surface area contributed by atoms with Crippen molar-refractivity contribution in [1.29, 1.82) is 0 Å². The molecule has 3 aromatic rings. The van der Waals surface area contributed by atoms with E-state index in [1.807, 2.05) is 24.3 Å². The Bertz CT molecular complexity index is 615. The van der Waals surface area contributed by atoms with Crippen molar-refractivity contribution in [2.45, 2.75) is 10.1 Å². The van der Waals surface area contributed by atoms with Gasteiger partial charge in [-0.1, -0.05) is 12.1 Å². The van der Waals surface area contributed by atoms with Crippen LogP contribution in [0.4, 0.5) is 0 Å². The van der Waals surface area contributed by atoms with Gasteiger partial charge in [-0.3, -0.25) is 0 Å². The second kappa shape index (κ2) is 4.70. The van der Waals surface area contributed by atoms with Crippen LogP contribution in [0, 0.1) is 3.57 Å². The molecular formula is C13H8INOS. The van der Waals surface area contributed by atoms with E-state index in [9.17, 15) is 0 Å². The zero-order valence-corrected chi connectivity index (χ0v) is 11.7. The van der Waals surface area contributed by atoms with E-state index in [1.54, 1.807) is 11.8 Å². The Morgan fingerprint density at radius 1 is 1.00 bits per heavy atom. The molecule has 2 nitrogen and oxygen atoms in total. The molecule has 0 spiro atoms. The molecule has 84 valence electrons. The summed E-state index contributed by atoms with van der Waals surface area (Å²) >= 11 is 3.83. The fourth-order valence-corrected chi connectivity index (χ4v) is 2.61. The molecule has 0 saturated carbocycles. The lowest BCUT2D eigenvalue weighted by atomic mass is 10.3. The number of hydrogen-bond donors (Lipinski definition) is 0. The molecule has 4 heteroatoms. The zero-order chi connectivity index (χ0) is 11.7. The number of fused-ring (bicyclic) bond motifs is 1. The first-order valence-electron chi connectivity index (χ1n) is 5.10. The highest BCUT2D eigenvalue weighted by Crippen LogP contribution is 2.29. The topological polar surface area (TPSA) is 26.0 Å². The number of hydrogen-bond acceptors (Lipinski definition) is 3. The summed E-state index contributed by atoms with van der Waals surface area (Å²) in [6.07, 6.45) is 0. The number of para-hydroxylation sites is 2. The van der Waals surface area contributed by atoms with Gasteiger partial charge in [-0.2, -0.15) is 0 Å². The Morgan fingerprint density at radius 2 is 1.76 bits per heavy atom. The van der Waals surface area contributed by atoms with Crippen LogP contribution in [-0.2, 0) is 0 Å². The van der Waals surface area contributed by atoms with Crippen molar-refractivity contribution < 1.29 is 4.42 Å². The van der Waals surface area contributed by atoms with Crippen molar-refractivity contribution in [2.75, 3.05) is 0 Å². The minimum absolute atomic E-state index is 0.687. The molecule has 0 N–H and O–H groups in total. The van der Waals surface area contributed by atoms with Gasteiger partial charge in [-0.25, -0.2) is 4.98 Å². The predicted molar refractivity (Wildman–Crippen MR) is 77.3 cm³/mol. The molecule has 0 aliphatic heterocycles. The molecule has 1 aromatic heterocycles. The van der Waals surface area contributed by atoms with Gasteiger partial charge in [0.1, 0.15) is 5.52 Å². The van der Waals surface area contributed by atoms with Crippen molar-refractivity contribution in [1.82, 2.24) is 4.98 Å². The van der Waals surface area contributed by atoms with Crippen LogP contribution in [0.5, 0.6) is 0 Å². The molecule has 0 bridgehead atoms. The number of benzene rings is 2. The first-order valence-corrected chi connectivity index (χ1v) is 7.00. The summed E-state index contributed by atoms with van der Waals surface area (Å²) in [7, 11) is 0. The summed E-state index contributed by atoms with van der Waals surface area (Å²) < 4.78 is 6.88. The molecule has 17 heavy (non-hydrogen) atoms. The van der Waals surface area contributed by atoms with Crippen molar-refractivity contribution in [2.24, 2.45) is 0 Å². The number of aromatic nitrogens is 1. The summed E-state index contributed by atoms with van der Waals surface area (Å²) in [5.41, 5.74) is 1.74. The first-order chi connectivity index (χ1) is 8.31. The van der Waals surface area contributed by atoms with E-state index in [-0.39, 0.29) is 0 Å². The number of oxazole rings is 1. The maximum Gasteiger partial charge on any atom is 0.261 e. The summed E-state index contributed by atoms with van der Waals surface area (Å²) in [6, 6.07) is 16.1. The average Bonchev–Trinajstić information content (AvgIpc) is 2.74. The van der Waals surface area contributed by atoms with Gasteiger partial charge >= 0.3 is 0 Å². The van der Waals surface area contributed by atoms with Crippen LogP contribution < -0.4 is 0 Å². The standard InChI is InChI=1S/C13H8INOS/c14-9-5-7-10(8-6-9)17-13-15-11-3-1-2-4-12(11)16-13/h1-8H.